The van der Waals surface area contributed by atoms with Gasteiger partial charge in [-0.05, 0) is 33.4 Å². The molecule has 1 fully saturated rings. The molecular weight excluding hydrogens is 248 g/mol. The van der Waals surface area contributed by atoms with Crippen molar-refractivity contribution in [2.75, 3.05) is 33.7 Å². The monoisotopic (exact) mass is 272 g/mol. The van der Waals surface area contributed by atoms with Gasteiger partial charge in [0.2, 0.25) is 0 Å². The van der Waals surface area contributed by atoms with Crippen LogP contribution in [-0.2, 0) is 4.79 Å². The number of likely N-dealkylation sites (tertiary alicyclic amines) is 1. The molecule has 1 aliphatic rings. The maximum atomic E-state index is 11.8. The summed E-state index contributed by atoms with van der Waals surface area (Å²) in [5.74, 6) is -1.04. The number of urea groups is 1. The molecule has 1 atom stereocenters. The smallest absolute Gasteiger partial charge is 0.320 e. The Balaban J connectivity index is 2.23. The lowest BCUT2D eigenvalue weighted by Gasteiger charge is -2.35. The first kappa shape index (κ1) is 15.7. The molecule has 4 N–H and O–H groups in total. The first-order valence-electron chi connectivity index (χ1n) is 6.59. The van der Waals surface area contributed by atoms with Crippen LogP contribution in [0, 0.1) is 0 Å². The summed E-state index contributed by atoms with van der Waals surface area (Å²) in [4.78, 5) is 26.3. The Morgan fingerprint density at radius 1 is 1.42 bits per heavy atom. The van der Waals surface area contributed by atoms with E-state index in [0.717, 1.165) is 25.9 Å². The highest BCUT2D eigenvalue weighted by atomic mass is 16.4. The first-order valence-corrected chi connectivity index (χ1v) is 6.59. The highest BCUT2D eigenvalue weighted by molar-refractivity contribution is 5.75. The summed E-state index contributed by atoms with van der Waals surface area (Å²) in [5, 5.41) is 11.3. The summed E-state index contributed by atoms with van der Waals surface area (Å²) in [5.41, 5.74) is 5.36. The van der Waals surface area contributed by atoms with Gasteiger partial charge in [-0.3, -0.25) is 4.79 Å². The molecule has 19 heavy (non-hydrogen) atoms. The summed E-state index contributed by atoms with van der Waals surface area (Å²) in [6.45, 7) is 1.76. The number of nitrogens with two attached hydrogens (primary N) is 1. The minimum atomic E-state index is -1.04. The molecule has 0 aromatic carbocycles. The molecule has 2 amide bonds. The molecule has 0 saturated carbocycles. The number of nitrogens with one attached hydrogen (secondary N) is 1. The second kappa shape index (κ2) is 7.30. The predicted octanol–water partition coefficient (Wildman–Crippen LogP) is -0.476. The van der Waals surface area contributed by atoms with E-state index in [4.69, 9.17) is 10.8 Å². The van der Waals surface area contributed by atoms with Gasteiger partial charge >= 0.3 is 12.0 Å². The molecule has 110 valence electrons. The van der Waals surface area contributed by atoms with Crippen LogP contribution in [0.4, 0.5) is 4.79 Å². The van der Waals surface area contributed by atoms with Gasteiger partial charge in [0.05, 0.1) is 0 Å². The molecule has 1 saturated heterocycles. The third-order valence-electron chi connectivity index (χ3n) is 3.53. The average Bonchev–Trinajstić information content (AvgIpc) is 2.38. The van der Waals surface area contributed by atoms with Gasteiger partial charge in [0.15, 0.2) is 0 Å². The van der Waals surface area contributed by atoms with Gasteiger partial charge in [0, 0.05) is 25.7 Å². The fourth-order valence-electron chi connectivity index (χ4n) is 2.16. The van der Waals surface area contributed by atoms with E-state index in [1.807, 2.05) is 14.1 Å². The number of carboxylic acid groups (broad SMARTS) is 1. The van der Waals surface area contributed by atoms with Crippen molar-refractivity contribution in [1.29, 1.82) is 0 Å². The molecule has 7 nitrogen and oxygen atoms in total. The van der Waals surface area contributed by atoms with E-state index in [0.29, 0.717) is 12.6 Å². The van der Waals surface area contributed by atoms with Gasteiger partial charge in [-0.2, -0.15) is 0 Å². The van der Waals surface area contributed by atoms with Crippen molar-refractivity contribution in [3.8, 4) is 0 Å². The number of carbonyl (C=O) groups is 2. The van der Waals surface area contributed by atoms with Crippen LogP contribution < -0.4 is 11.1 Å². The van der Waals surface area contributed by atoms with Crippen LogP contribution in [0.3, 0.4) is 0 Å². The number of aliphatic carboxylic acids is 1. The number of carbonyl (C=O) groups excluding carboxylic acids is 1. The van der Waals surface area contributed by atoms with Gasteiger partial charge in [-0.25, -0.2) is 4.79 Å². The molecule has 0 radical (unpaired) electrons. The van der Waals surface area contributed by atoms with Crippen molar-refractivity contribution in [3.63, 3.8) is 0 Å². The Morgan fingerprint density at radius 3 is 2.47 bits per heavy atom. The van der Waals surface area contributed by atoms with E-state index in [9.17, 15) is 9.59 Å². The summed E-state index contributed by atoms with van der Waals surface area (Å²) in [7, 11) is 4.10. The zero-order chi connectivity index (χ0) is 14.4. The number of hydrogen-bond donors (Lipinski definition) is 3. The number of nitrogens with zero attached hydrogens (tertiary/aromatic N) is 2. The molecule has 1 aliphatic heterocycles. The van der Waals surface area contributed by atoms with Crippen LogP contribution in [0.15, 0.2) is 0 Å². The Labute approximate surface area is 113 Å². The fourth-order valence-corrected chi connectivity index (χ4v) is 2.16. The minimum absolute atomic E-state index is 0.130. The second-order valence-corrected chi connectivity index (χ2v) is 5.15. The van der Waals surface area contributed by atoms with Crippen molar-refractivity contribution in [3.05, 3.63) is 0 Å². The van der Waals surface area contributed by atoms with Gasteiger partial charge in [0.25, 0.3) is 0 Å². The van der Waals surface area contributed by atoms with Gasteiger partial charge in [-0.1, -0.05) is 0 Å². The second-order valence-electron chi connectivity index (χ2n) is 5.15. The third kappa shape index (κ3) is 5.04. The van der Waals surface area contributed by atoms with Crippen LogP contribution in [0.1, 0.15) is 19.3 Å². The van der Waals surface area contributed by atoms with Crippen LogP contribution in [-0.4, -0.2) is 72.7 Å². The SMILES string of the molecule is CN(C)C1CCN(C(=O)NCCC(N)C(=O)O)CC1. The number of rotatable bonds is 5. The lowest BCUT2D eigenvalue weighted by molar-refractivity contribution is -0.138. The number of hydrogen-bond acceptors (Lipinski definition) is 4. The molecule has 0 aromatic rings. The molecule has 7 heteroatoms. The molecule has 1 heterocycles. The van der Waals surface area contributed by atoms with Crippen molar-refractivity contribution in [2.45, 2.75) is 31.3 Å². The first-order chi connectivity index (χ1) is 8.91. The molecule has 1 unspecified atom stereocenters. The van der Waals surface area contributed by atoms with Crippen molar-refractivity contribution in [2.24, 2.45) is 5.73 Å². The zero-order valence-corrected chi connectivity index (χ0v) is 11.6. The van der Waals surface area contributed by atoms with Crippen molar-refractivity contribution >= 4 is 12.0 Å². The number of piperidine rings is 1. The van der Waals surface area contributed by atoms with Gasteiger partial charge in [-0.15, -0.1) is 0 Å². The van der Waals surface area contributed by atoms with E-state index >= 15 is 0 Å². The summed E-state index contributed by atoms with van der Waals surface area (Å²) < 4.78 is 0. The summed E-state index contributed by atoms with van der Waals surface area (Å²) in [6.07, 6.45) is 2.18. The number of amides is 2. The predicted molar refractivity (Wildman–Crippen MR) is 71.9 cm³/mol. The lowest BCUT2D eigenvalue weighted by Crippen LogP contribution is -2.48. The van der Waals surface area contributed by atoms with E-state index in [-0.39, 0.29) is 12.5 Å². The van der Waals surface area contributed by atoms with Crippen LogP contribution in [0.2, 0.25) is 0 Å². The van der Waals surface area contributed by atoms with E-state index in [1.165, 1.54) is 0 Å². The Kier molecular flexibility index (Phi) is 6.04. The maximum Gasteiger partial charge on any atom is 0.320 e. The average molecular weight is 272 g/mol. The van der Waals surface area contributed by atoms with E-state index in [1.54, 1.807) is 4.90 Å². The van der Waals surface area contributed by atoms with Crippen molar-refractivity contribution in [1.82, 2.24) is 15.1 Å². The van der Waals surface area contributed by atoms with Gasteiger partial charge in [0.1, 0.15) is 6.04 Å². The van der Waals surface area contributed by atoms with Gasteiger partial charge < -0.3 is 26.0 Å². The topological polar surface area (TPSA) is 98.9 Å². The van der Waals surface area contributed by atoms with Crippen LogP contribution in [0.25, 0.3) is 0 Å². The molecule has 0 bridgehead atoms. The Hall–Kier alpha value is -1.34. The van der Waals surface area contributed by atoms with E-state index in [2.05, 4.69) is 10.2 Å². The summed E-state index contributed by atoms with van der Waals surface area (Å²) >= 11 is 0. The normalized spacial score (nSPS) is 18.4. The minimum Gasteiger partial charge on any atom is -0.480 e. The quantitative estimate of drug-likeness (QED) is 0.628. The standard InChI is InChI=1S/C12H24N4O3/c1-15(2)9-4-7-16(8-5-9)12(19)14-6-3-10(13)11(17)18/h9-10H,3-8,13H2,1-2H3,(H,14,19)(H,17,18). The Morgan fingerprint density at radius 2 is 2.00 bits per heavy atom. The summed E-state index contributed by atoms with van der Waals surface area (Å²) in [6, 6.07) is -0.515. The maximum absolute atomic E-state index is 11.8. The third-order valence-corrected chi connectivity index (χ3v) is 3.53. The molecular formula is C12H24N4O3. The van der Waals surface area contributed by atoms with Crippen LogP contribution >= 0.6 is 0 Å². The van der Waals surface area contributed by atoms with Crippen molar-refractivity contribution < 1.29 is 14.7 Å². The van der Waals surface area contributed by atoms with Crippen LogP contribution in [0.5, 0.6) is 0 Å². The lowest BCUT2D eigenvalue weighted by atomic mass is 10.0. The molecule has 0 spiro atoms. The number of carboxylic acids is 1. The highest BCUT2D eigenvalue weighted by Crippen LogP contribution is 2.13. The largest absolute Gasteiger partial charge is 0.480 e. The van der Waals surface area contributed by atoms with E-state index < -0.39 is 12.0 Å². The zero-order valence-electron chi connectivity index (χ0n) is 11.6. The Bertz CT molecular complexity index is 314. The molecule has 0 aliphatic carbocycles. The molecule has 1 rings (SSSR count). The molecule has 0 aromatic heterocycles. The fraction of sp³-hybridized carbons (Fsp3) is 0.833. The highest BCUT2D eigenvalue weighted by Gasteiger charge is 2.23.